The first kappa shape index (κ1) is 20.9. The highest BCUT2D eigenvalue weighted by Gasteiger charge is 2.39. The second-order valence-corrected chi connectivity index (χ2v) is 6.77. The van der Waals surface area contributed by atoms with Crippen LogP contribution in [0.3, 0.4) is 0 Å². The maximum atomic E-state index is 12.6. The lowest BCUT2D eigenvalue weighted by atomic mass is 10.0. The molecular weight excluding hydrogens is 380 g/mol. The quantitative estimate of drug-likeness (QED) is 0.368. The van der Waals surface area contributed by atoms with Crippen molar-refractivity contribution in [2.45, 2.75) is 25.4 Å². The number of hydrogen-bond donors (Lipinski definition) is 3. The molecule has 1 fully saturated rings. The van der Waals surface area contributed by atoms with Gasteiger partial charge in [0.15, 0.2) is 0 Å². The molecule has 10 heteroatoms. The molecule has 0 saturated carbocycles. The van der Waals surface area contributed by atoms with E-state index in [0.717, 1.165) is 0 Å². The summed E-state index contributed by atoms with van der Waals surface area (Å²) in [5.41, 5.74) is 7.04. The Labute approximate surface area is 167 Å². The zero-order valence-corrected chi connectivity index (χ0v) is 15.9. The van der Waals surface area contributed by atoms with E-state index in [9.17, 15) is 19.2 Å². The van der Waals surface area contributed by atoms with Crippen molar-refractivity contribution in [1.29, 1.82) is 0 Å². The number of benzene rings is 1. The van der Waals surface area contributed by atoms with E-state index in [2.05, 4.69) is 10.6 Å². The Morgan fingerprint density at radius 3 is 2.76 bits per heavy atom. The van der Waals surface area contributed by atoms with Crippen molar-refractivity contribution in [2.75, 3.05) is 38.3 Å². The number of amides is 4. The summed E-state index contributed by atoms with van der Waals surface area (Å²) < 4.78 is 10.4. The monoisotopic (exact) mass is 404 g/mol. The zero-order chi connectivity index (χ0) is 20.8. The van der Waals surface area contributed by atoms with Gasteiger partial charge in [-0.2, -0.15) is 0 Å². The van der Waals surface area contributed by atoms with Crippen LogP contribution in [0.2, 0.25) is 0 Å². The first-order chi connectivity index (χ1) is 14.0. The van der Waals surface area contributed by atoms with E-state index in [1.807, 2.05) is 0 Å². The summed E-state index contributed by atoms with van der Waals surface area (Å²) in [4.78, 5) is 49.5. The lowest BCUT2D eigenvalue weighted by molar-refractivity contribution is -0.137. The number of nitrogens with one attached hydrogen (secondary N) is 2. The van der Waals surface area contributed by atoms with Crippen LogP contribution in [0.25, 0.3) is 0 Å². The Bertz CT molecular complexity index is 812. The van der Waals surface area contributed by atoms with Crippen molar-refractivity contribution < 1.29 is 28.7 Å². The van der Waals surface area contributed by atoms with Gasteiger partial charge in [-0.25, -0.2) is 0 Å². The van der Waals surface area contributed by atoms with Crippen LogP contribution in [0.4, 0.5) is 5.69 Å². The van der Waals surface area contributed by atoms with Crippen LogP contribution >= 0.6 is 0 Å². The van der Waals surface area contributed by atoms with E-state index in [-0.39, 0.29) is 43.9 Å². The largest absolute Gasteiger partial charge is 0.378 e. The molecule has 2 heterocycles. The number of fused-ring (bicyclic) bond motifs is 1. The summed E-state index contributed by atoms with van der Waals surface area (Å²) in [6, 6.07) is 4.30. The Morgan fingerprint density at radius 1 is 1.21 bits per heavy atom. The number of hydrogen-bond acceptors (Lipinski definition) is 7. The molecule has 3 rings (SSSR count). The molecule has 0 aliphatic carbocycles. The number of anilines is 1. The highest BCUT2D eigenvalue weighted by atomic mass is 16.5. The molecule has 0 bridgehead atoms. The van der Waals surface area contributed by atoms with E-state index >= 15 is 0 Å². The average molecular weight is 404 g/mol. The molecule has 0 spiro atoms. The molecule has 1 aromatic carbocycles. The number of carbonyl (C=O) groups is 4. The summed E-state index contributed by atoms with van der Waals surface area (Å²) in [5, 5.41) is 4.99. The second kappa shape index (κ2) is 9.59. The molecule has 4 N–H and O–H groups in total. The third-order valence-corrected chi connectivity index (χ3v) is 4.67. The fourth-order valence-electron chi connectivity index (χ4n) is 3.32. The SMILES string of the molecule is NCCOCCOCC(=O)Nc1ccc2c(c1)CN(C1CCC(=O)NC1=O)C2=O. The molecule has 0 radical (unpaired) electrons. The summed E-state index contributed by atoms with van der Waals surface area (Å²) in [7, 11) is 0. The Balaban J connectivity index is 1.53. The standard InChI is InChI=1S/C19H24N4O6/c20-5-6-28-7-8-29-11-17(25)21-13-1-2-14-12(9-13)10-23(19(14)27)15-3-4-16(24)22-18(15)26/h1-2,9,15H,3-8,10-11,20H2,(H,21,25)(H,22,24,26). The predicted octanol–water partition coefficient (Wildman–Crippen LogP) is -0.622. The van der Waals surface area contributed by atoms with E-state index in [4.69, 9.17) is 15.2 Å². The minimum Gasteiger partial charge on any atom is -0.378 e. The molecular formula is C19H24N4O6. The van der Waals surface area contributed by atoms with Crippen LogP contribution < -0.4 is 16.4 Å². The molecule has 10 nitrogen and oxygen atoms in total. The van der Waals surface area contributed by atoms with Crippen molar-refractivity contribution >= 4 is 29.3 Å². The van der Waals surface area contributed by atoms with Gasteiger partial charge < -0.3 is 25.4 Å². The number of carbonyl (C=O) groups excluding carboxylic acids is 4. The highest BCUT2D eigenvalue weighted by molar-refractivity contribution is 6.05. The van der Waals surface area contributed by atoms with Gasteiger partial charge in [0.2, 0.25) is 17.7 Å². The van der Waals surface area contributed by atoms with Crippen molar-refractivity contribution in [3.05, 3.63) is 29.3 Å². The summed E-state index contributed by atoms with van der Waals surface area (Å²) in [5.74, 6) is -1.36. The highest BCUT2D eigenvalue weighted by Crippen LogP contribution is 2.29. The lowest BCUT2D eigenvalue weighted by Gasteiger charge is -2.29. The van der Waals surface area contributed by atoms with Crippen LogP contribution in [0.5, 0.6) is 0 Å². The maximum Gasteiger partial charge on any atom is 0.255 e. The molecule has 1 saturated heterocycles. The molecule has 1 unspecified atom stereocenters. The fraction of sp³-hybridized carbons (Fsp3) is 0.474. The zero-order valence-electron chi connectivity index (χ0n) is 15.9. The second-order valence-electron chi connectivity index (χ2n) is 6.77. The van der Waals surface area contributed by atoms with Crippen LogP contribution in [0, 0.1) is 0 Å². The fourth-order valence-corrected chi connectivity index (χ4v) is 3.32. The smallest absolute Gasteiger partial charge is 0.255 e. The van der Waals surface area contributed by atoms with Gasteiger partial charge in [-0.05, 0) is 30.2 Å². The topological polar surface area (TPSA) is 140 Å². The number of nitrogens with two attached hydrogens (primary N) is 1. The third kappa shape index (κ3) is 5.17. The van der Waals surface area contributed by atoms with Crippen LogP contribution in [0.15, 0.2) is 18.2 Å². The first-order valence-corrected chi connectivity index (χ1v) is 9.42. The van der Waals surface area contributed by atoms with Gasteiger partial charge in [-0.1, -0.05) is 0 Å². The molecule has 2 aliphatic rings. The van der Waals surface area contributed by atoms with Gasteiger partial charge in [0.1, 0.15) is 12.6 Å². The average Bonchev–Trinajstić information content (AvgIpc) is 3.00. The normalized spacial score (nSPS) is 18.6. The van der Waals surface area contributed by atoms with E-state index in [1.165, 1.54) is 4.90 Å². The molecule has 1 aromatic rings. The van der Waals surface area contributed by atoms with Crippen molar-refractivity contribution in [3.63, 3.8) is 0 Å². The predicted molar refractivity (Wildman–Crippen MR) is 102 cm³/mol. The van der Waals surface area contributed by atoms with Gasteiger partial charge in [0.25, 0.3) is 5.91 Å². The van der Waals surface area contributed by atoms with E-state index in [0.29, 0.717) is 43.0 Å². The van der Waals surface area contributed by atoms with Crippen LogP contribution in [0.1, 0.15) is 28.8 Å². The van der Waals surface area contributed by atoms with E-state index in [1.54, 1.807) is 18.2 Å². The summed E-state index contributed by atoms with van der Waals surface area (Å²) in [6.07, 6.45) is 0.509. The number of piperidine rings is 1. The van der Waals surface area contributed by atoms with Crippen molar-refractivity contribution in [2.24, 2.45) is 5.73 Å². The first-order valence-electron chi connectivity index (χ1n) is 9.42. The molecule has 2 aliphatic heterocycles. The lowest BCUT2D eigenvalue weighted by Crippen LogP contribution is -2.52. The molecule has 1 atom stereocenters. The molecule has 0 aromatic heterocycles. The minimum atomic E-state index is -0.666. The van der Waals surface area contributed by atoms with Gasteiger partial charge in [-0.3, -0.25) is 24.5 Å². The molecule has 29 heavy (non-hydrogen) atoms. The number of ether oxygens (including phenoxy) is 2. The minimum absolute atomic E-state index is 0.121. The Morgan fingerprint density at radius 2 is 2.00 bits per heavy atom. The summed E-state index contributed by atoms with van der Waals surface area (Å²) >= 11 is 0. The number of imide groups is 1. The maximum absolute atomic E-state index is 12.6. The Hall–Kier alpha value is -2.82. The molecule has 4 amide bonds. The van der Waals surface area contributed by atoms with Gasteiger partial charge in [-0.15, -0.1) is 0 Å². The number of nitrogens with zero attached hydrogens (tertiary/aromatic N) is 1. The number of rotatable bonds is 9. The van der Waals surface area contributed by atoms with Crippen LogP contribution in [-0.4, -0.2) is 67.5 Å². The molecule has 156 valence electrons. The third-order valence-electron chi connectivity index (χ3n) is 4.67. The van der Waals surface area contributed by atoms with Gasteiger partial charge in [0.05, 0.1) is 19.8 Å². The van der Waals surface area contributed by atoms with E-state index < -0.39 is 11.9 Å². The Kier molecular flexibility index (Phi) is 6.91. The van der Waals surface area contributed by atoms with Crippen molar-refractivity contribution in [3.8, 4) is 0 Å². The van der Waals surface area contributed by atoms with Gasteiger partial charge >= 0.3 is 0 Å². The van der Waals surface area contributed by atoms with Crippen molar-refractivity contribution in [1.82, 2.24) is 10.2 Å². The van der Waals surface area contributed by atoms with Gasteiger partial charge in [0, 0.05) is 30.8 Å². The van der Waals surface area contributed by atoms with Crippen LogP contribution in [-0.2, 0) is 30.4 Å². The summed E-state index contributed by atoms with van der Waals surface area (Å²) in [6.45, 7) is 1.65.